The van der Waals surface area contributed by atoms with Crippen LogP contribution in [-0.4, -0.2) is 33.7 Å². The lowest BCUT2D eigenvalue weighted by molar-refractivity contribution is -0.389. The molecule has 1 N–H and O–H groups in total. The number of nitrogens with zero attached hydrogens (tertiary/aromatic N) is 3. The Labute approximate surface area is 188 Å². The third-order valence-corrected chi connectivity index (χ3v) is 7.33. The van der Waals surface area contributed by atoms with Gasteiger partial charge >= 0.3 is 11.8 Å². The van der Waals surface area contributed by atoms with Gasteiger partial charge in [-0.05, 0) is 48.0 Å². The molecule has 9 nitrogen and oxygen atoms in total. The largest absolute Gasteiger partial charge is 0.465 e. The van der Waals surface area contributed by atoms with Gasteiger partial charge in [0.1, 0.15) is 11.5 Å². The van der Waals surface area contributed by atoms with E-state index in [-0.39, 0.29) is 17.0 Å². The molecule has 1 aliphatic carbocycles. The Bertz CT molecular complexity index is 1050. The third kappa shape index (κ3) is 4.59. The van der Waals surface area contributed by atoms with Gasteiger partial charge in [-0.1, -0.05) is 32.4 Å². The molecular formula is C20H25ClN4O5S. The minimum Gasteiger partial charge on any atom is -0.465 e. The molecule has 1 atom stereocenters. The number of amides is 1. The molecule has 2 aromatic rings. The van der Waals surface area contributed by atoms with E-state index in [1.807, 2.05) is 0 Å². The molecule has 2 aromatic heterocycles. The second-order valence-electron chi connectivity index (χ2n) is 8.69. The summed E-state index contributed by atoms with van der Waals surface area (Å²) in [5, 5.41) is 17.9. The van der Waals surface area contributed by atoms with E-state index in [9.17, 15) is 19.7 Å². The van der Waals surface area contributed by atoms with E-state index < -0.39 is 22.6 Å². The van der Waals surface area contributed by atoms with Crippen LogP contribution in [0.5, 0.6) is 0 Å². The number of carbonyl (C=O) groups is 2. The van der Waals surface area contributed by atoms with Crippen LogP contribution in [0, 0.1) is 28.4 Å². The molecular weight excluding hydrogens is 444 g/mol. The number of methoxy groups -OCH3 is 1. The maximum atomic E-state index is 12.7. The van der Waals surface area contributed by atoms with Gasteiger partial charge in [-0.15, -0.1) is 11.3 Å². The van der Waals surface area contributed by atoms with Crippen LogP contribution in [0.4, 0.5) is 10.8 Å². The summed E-state index contributed by atoms with van der Waals surface area (Å²) < 4.78 is 6.14. The van der Waals surface area contributed by atoms with E-state index >= 15 is 0 Å². The van der Waals surface area contributed by atoms with Gasteiger partial charge in [0.15, 0.2) is 5.02 Å². The predicted octanol–water partition coefficient (Wildman–Crippen LogP) is 4.39. The molecule has 0 saturated heterocycles. The highest BCUT2D eigenvalue weighted by Crippen LogP contribution is 2.44. The summed E-state index contributed by atoms with van der Waals surface area (Å²) in [4.78, 5) is 36.6. The number of aromatic nitrogens is 2. The van der Waals surface area contributed by atoms with Crippen molar-refractivity contribution in [2.45, 2.75) is 53.5 Å². The van der Waals surface area contributed by atoms with Gasteiger partial charge in [-0.3, -0.25) is 4.79 Å². The highest BCUT2D eigenvalue weighted by molar-refractivity contribution is 7.17. The van der Waals surface area contributed by atoms with Crippen molar-refractivity contribution in [3.63, 3.8) is 0 Å². The lowest BCUT2D eigenvalue weighted by Gasteiger charge is -2.33. The Kier molecular flexibility index (Phi) is 6.43. The first-order valence-electron chi connectivity index (χ1n) is 9.84. The standard InChI is InChI=1S/C20H25ClN4O5S/c1-10-16(21)17(25(28)29)23-24(10)9-14(26)22-18-15(19(27)30-5)12-7-6-11(20(2,3)4)8-13(12)31-18/h11H,6-9H2,1-5H3,(H,22,26)/t11-/m0/s1. The molecule has 31 heavy (non-hydrogen) atoms. The molecule has 1 aliphatic rings. The lowest BCUT2D eigenvalue weighted by atomic mass is 9.72. The quantitative estimate of drug-likeness (QED) is 0.395. The van der Waals surface area contributed by atoms with Gasteiger partial charge < -0.3 is 20.2 Å². The van der Waals surface area contributed by atoms with Crippen molar-refractivity contribution >= 4 is 45.6 Å². The first kappa shape index (κ1) is 23.2. The molecule has 0 unspecified atom stereocenters. The topological polar surface area (TPSA) is 116 Å². The van der Waals surface area contributed by atoms with Gasteiger partial charge in [0.25, 0.3) is 0 Å². The van der Waals surface area contributed by atoms with E-state index in [2.05, 4.69) is 31.2 Å². The number of hydrogen-bond donors (Lipinski definition) is 1. The van der Waals surface area contributed by atoms with Crippen molar-refractivity contribution < 1.29 is 19.2 Å². The molecule has 0 fully saturated rings. The second-order valence-corrected chi connectivity index (χ2v) is 10.2. The van der Waals surface area contributed by atoms with Crippen molar-refractivity contribution in [3.05, 3.63) is 36.8 Å². The average molecular weight is 469 g/mol. The maximum absolute atomic E-state index is 12.7. The number of ether oxygens (including phenoxy) is 1. The number of hydrogen-bond acceptors (Lipinski definition) is 7. The third-order valence-electron chi connectivity index (χ3n) is 5.72. The fourth-order valence-electron chi connectivity index (χ4n) is 3.81. The maximum Gasteiger partial charge on any atom is 0.408 e. The van der Waals surface area contributed by atoms with Crippen LogP contribution in [0.3, 0.4) is 0 Å². The minimum absolute atomic E-state index is 0.104. The second kappa shape index (κ2) is 8.58. The highest BCUT2D eigenvalue weighted by Gasteiger charge is 2.34. The van der Waals surface area contributed by atoms with E-state index in [0.717, 1.165) is 29.7 Å². The Morgan fingerprint density at radius 3 is 2.65 bits per heavy atom. The van der Waals surface area contributed by atoms with Gasteiger partial charge in [0.2, 0.25) is 5.91 Å². The van der Waals surface area contributed by atoms with Gasteiger partial charge in [0.05, 0.1) is 23.5 Å². The Morgan fingerprint density at radius 2 is 2.10 bits per heavy atom. The van der Waals surface area contributed by atoms with Crippen LogP contribution in [-0.2, 0) is 28.9 Å². The molecule has 11 heteroatoms. The number of thiophene rings is 1. The van der Waals surface area contributed by atoms with Crippen LogP contribution in [0.1, 0.15) is 53.7 Å². The minimum atomic E-state index is -0.696. The summed E-state index contributed by atoms with van der Waals surface area (Å²) in [6, 6.07) is 0. The summed E-state index contributed by atoms with van der Waals surface area (Å²) in [5.41, 5.74) is 1.78. The molecule has 0 radical (unpaired) electrons. The van der Waals surface area contributed by atoms with Crippen molar-refractivity contribution in [1.29, 1.82) is 0 Å². The molecule has 0 aliphatic heterocycles. The first-order valence-corrected chi connectivity index (χ1v) is 11.0. The van der Waals surface area contributed by atoms with Crippen molar-refractivity contribution in [1.82, 2.24) is 9.78 Å². The van der Waals surface area contributed by atoms with Crippen molar-refractivity contribution in [2.75, 3.05) is 12.4 Å². The summed E-state index contributed by atoms with van der Waals surface area (Å²) in [7, 11) is 1.31. The molecule has 3 rings (SSSR count). The first-order chi connectivity index (χ1) is 14.4. The number of anilines is 1. The average Bonchev–Trinajstić information content (AvgIpc) is 3.18. The fraction of sp³-hybridized carbons (Fsp3) is 0.550. The van der Waals surface area contributed by atoms with Gasteiger partial charge in [0, 0.05) is 4.88 Å². The summed E-state index contributed by atoms with van der Waals surface area (Å²) in [6.45, 7) is 7.89. The Morgan fingerprint density at radius 1 is 1.42 bits per heavy atom. The van der Waals surface area contributed by atoms with Crippen LogP contribution >= 0.6 is 22.9 Å². The van der Waals surface area contributed by atoms with Crippen LogP contribution in [0.25, 0.3) is 0 Å². The van der Waals surface area contributed by atoms with Gasteiger partial charge in [-0.2, -0.15) is 4.68 Å². The van der Waals surface area contributed by atoms with Crippen molar-refractivity contribution in [2.24, 2.45) is 11.3 Å². The molecule has 1 amide bonds. The number of nitro groups is 1. The molecule has 0 bridgehead atoms. The monoisotopic (exact) mass is 468 g/mol. The molecule has 0 saturated carbocycles. The SMILES string of the molecule is COC(=O)c1c(NC(=O)Cn2nc([N+](=O)[O-])c(Cl)c2C)sc2c1CC[C@H](C(C)(C)C)C2. The molecule has 0 aromatic carbocycles. The van der Waals surface area contributed by atoms with Crippen molar-refractivity contribution in [3.8, 4) is 0 Å². The Balaban J connectivity index is 1.87. The van der Waals surface area contributed by atoms with Crippen LogP contribution in [0.2, 0.25) is 5.02 Å². The molecule has 168 valence electrons. The summed E-state index contributed by atoms with van der Waals surface area (Å²) in [5.74, 6) is -0.978. The zero-order valence-electron chi connectivity index (χ0n) is 18.1. The number of halogens is 1. The van der Waals surface area contributed by atoms with E-state index in [1.54, 1.807) is 6.92 Å². The number of rotatable bonds is 5. The summed E-state index contributed by atoms with van der Waals surface area (Å²) in [6.07, 6.45) is 2.54. The smallest absolute Gasteiger partial charge is 0.408 e. The fourth-order valence-corrected chi connectivity index (χ4v) is 5.35. The zero-order chi connectivity index (χ0) is 23.1. The highest BCUT2D eigenvalue weighted by atomic mass is 35.5. The van der Waals surface area contributed by atoms with E-state index in [4.69, 9.17) is 16.3 Å². The number of nitrogens with one attached hydrogen (secondary N) is 1. The summed E-state index contributed by atoms with van der Waals surface area (Å²) >= 11 is 7.33. The number of fused-ring (bicyclic) bond motifs is 1. The van der Waals surface area contributed by atoms with E-state index in [0.29, 0.717) is 22.2 Å². The Hall–Kier alpha value is -2.46. The molecule has 0 spiro atoms. The lowest BCUT2D eigenvalue weighted by Crippen LogP contribution is -2.26. The number of carbonyl (C=O) groups excluding carboxylic acids is 2. The normalized spacial score (nSPS) is 16.0. The van der Waals surface area contributed by atoms with Crippen LogP contribution in [0.15, 0.2) is 0 Å². The van der Waals surface area contributed by atoms with Gasteiger partial charge in [-0.25, -0.2) is 4.79 Å². The molecule has 2 heterocycles. The number of esters is 1. The predicted molar refractivity (Wildman–Crippen MR) is 118 cm³/mol. The van der Waals surface area contributed by atoms with E-state index in [1.165, 1.54) is 23.1 Å². The van der Waals surface area contributed by atoms with Crippen LogP contribution < -0.4 is 5.32 Å². The zero-order valence-corrected chi connectivity index (χ0v) is 19.6.